The fourth-order valence-electron chi connectivity index (χ4n) is 10.1. The number of cyclic esters (lactones) is 1. The van der Waals surface area contributed by atoms with Gasteiger partial charge in [0.15, 0.2) is 12.6 Å². The number of nitriles is 1. The molecule has 2 amide bonds. The van der Waals surface area contributed by atoms with Gasteiger partial charge in [0.05, 0.1) is 53.6 Å². The van der Waals surface area contributed by atoms with Gasteiger partial charge in [0.2, 0.25) is 0 Å². The van der Waals surface area contributed by atoms with Crippen LogP contribution in [0.5, 0.6) is 0 Å². The molecular formula is C48H81N5O13. The Bertz CT molecular complexity index is 1770. The van der Waals surface area contributed by atoms with Crippen molar-refractivity contribution < 1.29 is 63.5 Å². The number of carbonyl (C=O) groups is 2. The second-order valence-corrected chi connectivity index (χ2v) is 20.0. The Morgan fingerprint density at radius 2 is 1.65 bits per heavy atom. The fourth-order valence-corrected chi connectivity index (χ4v) is 10.1. The summed E-state index contributed by atoms with van der Waals surface area (Å²) >= 11 is 0. The van der Waals surface area contributed by atoms with Gasteiger partial charge in [-0.05, 0) is 117 Å². The number of nitrogens with zero attached hydrogens (tertiary/aromatic N) is 2. The molecular weight excluding hydrogens is 855 g/mol. The van der Waals surface area contributed by atoms with Crippen LogP contribution in [0.3, 0.4) is 0 Å². The van der Waals surface area contributed by atoms with Crippen LogP contribution < -0.4 is 16.0 Å². The van der Waals surface area contributed by atoms with Crippen molar-refractivity contribution in [2.75, 3.05) is 39.1 Å². The minimum atomic E-state index is -1.87. The van der Waals surface area contributed by atoms with Gasteiger partial charge in [0.25, 0.3) is 0 Å². The van der Waals surface area contributed by atoms with Crippen molar-refractivity contribution >= 4 is 17.7 Å². The molecule has 1 aromatic rings. The maximum Gasteiger partial charge on any atom is 0.321 e. The van der Waals surface area contributed by atoms with Crippen LogP contribution in [0, 0.1) is 29.1 Å². The van der Waals surface area contributed by atoms with E-state index in [1.807, 2.05) is 19.9 Å². The Morgan fingerprint density at radius 1 is 1.00 bits per heavy atom. The zero-order chi connectivity index (χ0) is 49.5. The third-order valence-corrected chi connectivity index (χ3v) is 14.4. The number of carbonyl (C=O) groups excluding carboxylic acids is 2. The largest absolute Gasteiger partial charge is 0.459 e. The smallest absolute Gasteiger partial charge is 0.321 e. The number of esters is 1. The number of hydrogen-bond donors (Lipinski definition) is 8. The van der Waals surface area contributed by atoms with Crippen LogP contribution in [-0.4, -0.2) is 166 Å². The van der Waals surface area contributed by atoms with Gasteiger partial charge < -0.3 is 74.8 Å². The maximum atomic E-state index is 14.5. The molecule has 0 aromatic heterocycles. The molecule has 66 heavy (non-hydrogen) atoms. The quantitative estimate of drug-likeness (QED) is 0.110. The van der Waals surface area contributed by atoms with Gasteiger partial charge in [-0.3, -0.25) is 4.79 Å². The number of methoxy groups -OCH3 is 1. The summed E-state index contributed by atoms with van der Waals surface area (Å²) in [5.74, 6) is -3.04. The Morgan fingerprint density at radius 3 is 2.24 bits per heavy atom. The van der Waals surface area contributed by atoms with Crippen molar-refractivity contribution in [3.05, 3.63) is 29.8 Å². The molecule has 3 aliphatic rings. The highest BCUT2D eigenvalue weighted by Crippen LogP contribution is 2.43. The zero-order valence-corrected chi connectivity index (χ0v) is 41.4. The van der Waals surface area contributed by atoms with Gasteiger partial charge >= 0.3 is 12.0 Å². The SMILES string of the molecule is CCCNC[C@]1(O)[C@H](C)O[C@@H](O[C@H]2[C@H](C)[C@@H](O[C@@H]3O[C@H](C)C[C@H](N(C)C(=O)Nc4ccc(C#N)cc4)[C@H]3O)[C@](C)(O)C[C@@H](C)CN[C@H](C)[C@@H](O)[C@](C)(O)[C@@H](CC)OC(=O)[C@@H]2C)C[C@@]1(C)OC. The second kappa shape index (κ2) is 23.1. The summed E-state index contributed by atoms with van der Waals surface area (Å²) in [5, 5.41) is 78.7. The highest BCUT2D eigenvalue weighted by molar-refractivity contribution is 5.89. The molecule has 18 heteroatoms. The Balaban J connectivity index is 1.78. The second-order valence-electron chi connectivity index (χ2n) is 20.0. The van der Waals surface area contributed by atoms with Crippen molar-refractivity contribution in [2.24, 2.45) is 17.8 Å². The normalized spacial score (nSPS) is 42.0. The summed E-state index contributed by atoms with van der Waals surface area (Å²) in [6, 6.07) is 6.44. The van der Waals surface area contributed by atoms with E-state index in [4.69, 9.17) is 28.4 Å². The molecule has 3 heterocycles. The van der Waals surface area contributed by atoms with E-state index in [0.717, 1.165) is 6.42 Å². The van der Waals surface area contributed by atoms with E-state index in [1.54, 1.807) is 86.7 Å². The molecule has 0 aliphatic carbocycles. The number of anilines is 1. The lowest BCUT2D eigenvalue weighted by atomic mass is 9.75. The molecule has 18 nitrogen and oxygen atoms in total. The first-order valence-corrected chi connectivity index (χ1v) is 23.7. The lowest BCUT2D eigenvalue weighted by molar-refractivity contribution is -0.336. The van der Waals surface area contributed by atoms with Crippen molar-refractivity contribution in [2.45, 2.75) is 198 Å². The van der Waals surface area contributed by atoms with Gasteiger partial charge in [-0.25, -0.2) is 4.79 Å². The van der Waals surface area contributed by atoms with Crippen LogP contribution in [0.25, 0.3) is 0 Å². The Hall–Kier alpha value is -3.03. The summed E-state index contributed by atoms with van der Waals surface area (Å²) in [6.07, 6.45) is -8.69. The molecule has 0 spiro atoms. The maximum absolute atomic E-state index is 14.5. The van der Waals surface area contributed by atoms with Gasteiger partial charge in [-0.1, -0.05) is 27.7 Å². The molecule has 3 fully saturated rings. The molecule has 0 bridgehead atoms. The molecule has 1 aromatic carbocycles. The average molecular weight is 936 g/mol. The number of rotatable bonds is 12. The fraction of sp³-hybridized carbons (Fsp3) is 0.812. The van der Waals surface area contributed by atoms with Crippen molar-refractivity contribution in [3.8, 4) is 6.07 Å². The molecule has 3 aliphatic heterocycles. The molecule has 3 saturated heterocycles. The zero-order valence-electron chi connectivity index (χ0n) is 41.4. The minimum absolute atomic E-state index is 0.0324. The lowest BCUT2D eigenvalue weighted by Crippen LogP contribution is -2.70. The first-order chi connectivity index (χ1) is 30.8. The number of ether oxygens (including phenoxy) is 6. The van der Waals surface area contributed by atoms with Crippen molar-refractivity contribution in [3.63, 3.8) is 0 Å². The van der Waals surface area contributed by atoms with E-state index in [9.17, 15) is 40.4 Å². The van der Waals surface area contributed by atoms with Crippen LogP contribution >= 0.6 is 0 Å². The number of amides is 2. The van der Waals surface area contributed by atoms with E-state index in [0.29, 0.717) is 24.3 Å². The van der Waals surface area contributed by atoms with Gasteiger partial charge in [-0.2, -0.15) is 5.26 Å². The molecule has 8 N–H and O–H groups in total. The molecule has 18 atom stereocenters. The number of hydrogen-bond acceptors (Lipinski definition) is 16. The predicted molar refractivity (Wildman–Crippen MR) is 246 cm³/mol. The lowest BCUT2D eigenvalue weighted by Gasteiger charge is -2.53. The first kappa shape index (κ1) is 55.6. The molecule has 0 radical (unpaired) electrons. The topological polar surface area (TPSA) is 254 Å². The van der Waals surface area contributed by atoms with Crippen LogP contribution in [0.15, 0.2) is 24.3 Å². The average Bonchev–Trinajstić information content (AvgIpc) is 3.27. The first-order valence-electron chi connectivity index (χ1n) is 23.7. The van der Waals surface area contributed by atoms with Crippen LogP contribution in [0.1, 0.15) is 114 Å². The monoisotopic (exact) mass is 936 g/mol. The number of benzene rings is 1. The van der Waals surface area contributed by atoms with Gasteiger partial charge in [0.1, 0.15) is 35.1 Å². The summed E-state index contributed by atoms with van der Waals surface area (Å²) < 4.78 is 38.5. The van der Waals surface area contributed by atoms with Crippen molar-refractivity contribution in [1.29, 1.82) is 5.26 Å². The standard InChI is InChI=1S/C48H81N5O13/c1-14-20-50-26-48(60)32(8)63-37(23-46(48,10)61-13)65-39-29(5)41(45(9,58)22-27(3)25-51-31(7)40(55)47(11,59)36(15-2)64-42(56)30(39)6)66-43-38(54)35(21-28(4)62-43)53(12)44(57)52-34-18-16-33(24-49)17-19-34/h16-19,27-32,35-41,43,50-51,54-55,58-60H,14-15,20-23,25-26H2,1-13H3,(H,52,57)/t27-,28-,29+,30-,31-,32+,35+,36-,37+,38-,39+,40-,41-,43+,45-,46-,47-,48+/m1/s1. The highest BCUT2D eigenvalue weighted by atomic mass is 16.7. The third-order valence-electron chi connectivity index (χ3n) is 14.4. The number of urea groups is 1. The third kappa shape index (κ3) is 12.6. The highest BCUT2D eigenvalue weighted by Gasteiger charge is 2.58. The van der Waals surface area contributed by atoms with Crippen LogP contribution in [-0.2, 0) is 33.2 Å². The predicted octanol–water partition coefficient (Wildman–Crippen LogP) is 3.40. The summed E-state index contributed by atoms with van der Waals surface area (Å²) in [6.45, 7) is 20.2. The van der Waals surface area contributed by atoms with E-state index in [1.165, 1.54) is 18.9 Å². The minimum Gasteiger partial charge on any atom is -0.459 e. The molecule has 0 saturated carbocycles. The molecule has 376 valence electrons. The van der Waals surface area contributed by atoms with Crippen LogP contribution in [0.4, 0.5) is 10.5 Å². The summed E-state index contributed by atoms with van der Waals surface area (Å²) in [7, 11) is 3.06. The van der Waals surface area contributed by atoms with E-state index < -0.39 is 114 Å². The van der Waals surface area contributed by atoms with E-state index >= 15 is 0 Å². The van der Waals surface area contributed by atoms with E-state index in [-0.39, 0.29) is 38.1 Å². The van der Waals surface area contributed by atoms with Gasteiger partial charge in [-0.15, -0.1) is 0 Å². The van der Waals surface area contributed by atoms with Gasteiger partial charge in [0, 0.05) is 44.8 Å². The molecule has 0 unspecified atom stereocenters. The Kier molecular flexibility index (Phi) is 19.4. The molecule has 4 rings (SSSR count). The van der Waals surface area contributed by atoms with Crippen LogP contribution in [0.2, 0.25) is 0 Å². The summed E-state index contributed by atoms with van der Waals surface area (Å²) in [5.41, 5.74) is -5.38. The number of nitrogens with one attached hydrogen (secondary N) is 3. The summed E-state index contributed by atoms with van der Waals surface area (Å²) in [4.78, 5) is 29.5. The number of likely N-dealkylation sites (N-methyl/N-ethyl adjacent to an activating group) is 1. The van der Waals surface area contributed by atoms with Crippen molar-refractivity contribution in [1.82, 2.24) is 15.5 Å². The number of aliphatic hydroxyl groups excluding tert-OH is 2. The van der Waals surface area contributed by atoms with E-state index in [2.05, 4.69) is 16.0 Å². The Labute approximate surface area is 392 Å². The number of aliphatic hydroxyl groups is 5.